The van der Waals surface area contributed by atoms with E-state index >= 15 is 0 Å². The maximum absolute atomic E-state index is 10.9. The molecule has 1 aromatic heterocycles. The molecule has 18 heavy (non-hydrogen) atoms. The Morgan fingerprint density at radius 3 is 2.83 bits per heavy atom. The van der Waals surface area contributed by atoms with Gasteiger partial charge in [0.25, 0.3) is 11.6 Å². The highest BCUT2D eigenvalue weighted by molar-refractivity contribution is 6.33. The molecule has 0 saturated carbocycles. The predicted octanol–water partition coefficient (Wildman–Crippen LogP) is 3.08. The number of aryl methyl sites for hydroxylation is 1. The number of hydrogen-bond acceptors (Lipinski definition) is 5. The van der Waals surface area contributed by atoms with E-state index in [4.69, 9.17) is 27.6 Å². The zero-order valence-electron chi connectivity index (χ0n) is 8.97. The summed E-state index contributed by atoms with van der Waals surface area (Å²) in [5.74, 6) is 0.660. The minimum atomic E-state index is -0.549. The van der Waals surface area contributed by atoms with Crippen molar-refractivity contribution in [3.63, 3.8) is 0 Å². The van der Waals surface area contributed by atoms with Gasteiger partial charge in [0.1, 0.15) is 5.56 Å². The second kappa shape index (κ2) is 5.32. The van der Waals surface area contributed by atoms with Gasteiger partial charge in [-0.2, -0.15) is 0 Å². The summed E-state index contributed by atoms with van der Waals surface area (Å²) in [5.41, 5.74) is -0.0546. The standard InChI is InChI=1S/C10H7Cl2N3O3/c11-5-4-8-13-14-10(18-8)9-6(12)2-1-3-7(9)15(16)17/h1-3H,4-5H2. The number of nitrogens with zero attached hydrogens (tertiary/aromatic N) is 3. The van der Waals surface area contributed by atoms with Crippen LogP contribution in [0.4, 0.5) is 5.69 Å². The lowest BCUT2D eigenvalue weighted by Gasteiger charge is -2.00. The second-order valence-electron chi connectivity index (χ2n) is 3.33. The van der Waals surface area contributed by atoms with E-state index in [1.807, 2.05) is 0 Å². The summed E-state index contributed by atoms with van der Waals surface area (Å²) in [6.07, 6.45) is 0.396. The molecule has 94 valence electrons. The highest BCUT2D eigenvalue weighted by atomic mass is 35.5. The molecule has 0 saturated heterocycles. The molecular formula is C10H7Cl2N3O3. The maximum Gasteiger partial charge on any atom is 0.283 e. The fraction of sp³-hybridized carbons (Fsp3) is 0.200. The van der Waals surface area contributed by atoms with Crippen LogP contribution in [-0.2, 0) is 6.42 Å². The molecule has 0 bridgehead atoms. The van der Waals surface area contributed by atoms with E-state index in [1.54, 1.807) is 0 Å². The van der Waals surface area contributed by atoms with Crippen LogP contribution in [0, 0.1) is 10.1 Å². The fourth-order valence-corrected chi connectivity index (χ4v) is 1.83. The highest BCUT2D eigenvalue weighted by Crippen LogP contribution is 2.35. The fourth-order valence-electron chi connectivity index (χ4n) is 1.41. The predicted molar refractivity (Wildman–Crippen MR) is 65.8 cm³/mol. The lowest BCUT2D eigenvalue weighted by molar-refractivity contribution is -0.384. The molecule has 0 aliphatic heterocycles. The van der Waals surface area contributed by atoms with Crippen molar-refractivity contribution in [3.05, 3.63) is 39.2 Å². The Bertz CT molecular complexity index is 585. The van der Waals surface area contributed by atoms with Crippen molar-refractivity contribution >= 4 is 28.9 Å². The third-order valence-electron chi connectivity index (χ3n) is 2.18. The maximum atomic E-state index is 10.9. The number of nitro groups is 1. The van der Waals surface area contributed by atoms with Gasteiger partial charge in [0.2, 0.25) is 5.89 Å². The summed E-state index contributed by atoms with van der Waals surface area (Å²) in [6, 6.07) is 4.34. The van der Waals surface area contributed by atoms with E-state index in [-0.39, 0.29) is 22.2 Å². The van der Waals surface area contributed by atoms with Crippen LogP contribution < -0.4 is 0 Å². The Kier molecular flexibility index (Phi) is 3.78. The monoisotopic (exact) mass is 287 g/mol. The quantitative estimate of drug-likeness (QED) is 0.490. The largest absolute Gasteiger partial charge is 0.420 e. The van der Waals surface area contributed by atoms with Crippen molar-refractivity contribution in [2.45, 2.75) is 6.42 Å². The van der Waals surface area contributed by atoms with Crippen LogP contribution >= 0.6 is 23.2 Å². The van der Waals surface area contributed by atoms with Crippen molar-refractivity contribution in [3.8, 4) is 11.5 Å². The van der Waals surface area contributed by atoms with Crippen LogP contribution in [0.1, 0.15) is 5.89 Å². The van der Waals surface area contributed by atoms with Gasteiger partial charge in [-0.1, -0.05) is 17.7 Å². The van der Waals surface area contributed by atoms with E-state index in [0.29, 0.717) is 18.2 Å². The summed E-state index contributed by atoms with van der Waals surface area (Å²) in [7, 11) is 0. The molecule has 0 aliphatic rings. The molecule has 0 fully saturated rings. The van der Waals surface area contributed by atoms with E-state index in [9.17, 15) is 10.1 Å². The Morgan fingerprint density at radius 2 is 2.17 bits per heavy atom. The number of rotatable bonds is 4. The molecule has 0 amide bonds. The number of alkyl halides is 1. The lowest BCUT2D eigenvalue weighted by Crippen LogP contribution is -1.92. The number of nitro benzene ring substituents is 1. The molecule has 1 aromatic carbocycles. The molecule has 0 atom stereocenters. The number of hydrogen-bond donors (Lipinski definition) is 0. The Balaban J connectivity index is 2.51. The zero-order chi connectivity index (χ0) is 13.1. The van der Waals surface area contributed by atoms with Crippen LogP contribution in [0.3, 0.4) is 0 Å². The van der Waals surface area contributed by atoms with Crippen molar-refractivity contribution in [2.75, 3.05) is 5.88 Å². The lowest BCUT2D eigenvalue weighted by atomic mass is 10.2. The molecule has 0 aliphatic carbocycles. The van der Waals surface area contributed by atoms with Crippen molar-refractivity contribution in [1.29, 1.82) is 0 Å². The first kappa shape index (κ1) is 12.8. The van der Waals surface area contributed by atoms with E-state index in [0.717, 1.165) is 0 Å². The third kappa shape index (κ3) is 2.44. The van der Waals surface area contributed by atoms with E-state index < -0.39 is 4.92 Å². The van der Waals surface area contributed by atoms with Crippen LogP contribution in [-0.4, -0.2) is 21.0 Å². The SMILES string of the molecule is O=[N+]([O-])c1cccc(Cl)c1-c1nnc(CCCl)o1. The van der Waals surface area contributed by atoms with Gasteiger partial charge in [-0.15, -0.1) is 21.8 Å². The molecule has 0 spiro atoms. The average molecular weight is 288 g/mol. The van der Waals surface area contributed by atoms with Crippen LogP contribution in [0.25, 0.3) is 11.5 Å². The van der Waals surface area contributed by atoms with E-state index in [2.05, 4.69) is 10.2 Å². The molecule has 1 heterocycles. The van der Waals surface area contributed by atoms with Crippen LogP contribution in [0.2, 0.25) is 5.02 Å². The van der Waals surface area contributed by atoms with E-state index in [1.165, 1.54) is 18.2 Å². The number of aromatic nitrogens is 2. The molecule has 2 rings (SSSR count). The van der Waals surface area contributed by atoms with Crippen molar-refractivity contribution in [2.24, 2.45) is 0 Å². The Labute approximate surface area is 112 Å². The summed E-state index contributed by atoms with van der Waals surface area (Å²) >= 11 is 11.5. The van der Waals surface area contributed by atoms with Gasteiger partial charge in [0, 0.05) is 18.4 Å². The molecule has 6 nitrogen and oxygen atoms in total. The summed E-state index contributed by atoms with van der Waals surface area (Å²) in [4.78, 5) is 10.4. The van der Waals surface area contributed by atoms with Crippen LogP contribution in [0.15, 0.2) is 22.6 Å². The minimum Gasteiger partial charge on any atom is -0.420 e. The molecule has 2 aromatic rings. The Morgan fingerprint density at radius 1 is 1.39 bits per heavy atom. The first-order chi connectivity index (χ1) is 8.63. The first-order valence-electron chi connectivity index (χ1n) is 4.95. The topological polar surface area (TPSA) is 82.1 Å². The third-order valence-corrected chi connectivity index (χ3v) is 2.68. The second-order valence-corrected chi connectivity index (χ2v) is 4.12. The molecule has 8 heteroatoms. The van der Waals surface area contributed by atoms with Gasteiger partial charge in [-0.25, -0.2) is 0 Å². The molecule has 0 N–H and O–H groups in total. The van der Waals surface area contributed by atoms with Crippen LogP contribution in [0.5, 0.6) is 0 Å². The molecule has 0 radical (unpaired) electrons. The average Bonchev–Trinajstić information content (AvgIpc) is 2.77. The van der Waals surface area contributed by atoms with Gasteiger partial charge >= 0.3 is 0 Å². The summed E-state index contributed by atoms with van der Waals surface area (Å²) < 4.78 is 5.29. The number of halogens is 2. The van der Waals surface area contributed by atoms with Gasteiger partial charge in [0.05, 0.1) is 9.95 Å². The zero-order valence-corrected chi connectivity index (χ0v) is 10.5. The highest BCUT2D eigenvalue weighted by Gasteiger charge is 2.23. The van der Waals surface area contributed by atoms with Crippen molar-refractivity contribution < 1.29 is 9.34 Å². The van der Waals surface area contributed by atoms with Gasteiger partial charge in [0.15, 0.2) is 0 Å². The first-order valence-corrected chi connectivity index (χ1v) is 5.86. The van der Waals surface area contributed by atoms with Gasteiger partial charge in [-0.05, 0) is 6.07 Å². The summed E-state index contributed by atoms with van der Waals surface area (Å²) in [6.45, 7) is 0. The normalized spacial score (nSPS) is 10.6. The van der Waals surface area contributed by atoms with Crippen molar-refractivity contribution in [1.82, 2.24) is 10.2 Å². The summed E-state index contributed by atoms with van der Waals surface area (Å²) in [5, 5.41) is 18.6. The minimum absolute atomic E-state index is 0.0208. The molecule has 0 unspecified atom stereocenters. The smallest absolute Gasteiger partial charge is 0.283 e. The Hall–Kier alpha value is -1.66. The van der Waals surface area contributed by atoms with Gasteiger partial charge in [-0.3, -0.25) is 10.1 Å². The molecular weight excluding hydrogens is 281 g/mol. The number of benzene rings is 1. The van der Waals surface area contributed by atoms with Gasteiger partial charge < -0.3 is 4.42 Å².